The van der Waals surface area contributed by atoms with E-state index in [4.69, 9.17) is 16.0 Å². The molecule has 0 aliphatic heterocycles. The Morgan fingerprint density at radius 2 is 1.56 bits per heavy atom. The molecule has 3 nitrogen and oxygen atoms in total. The van der Waals surface area contributed by atoms with Gasteiger partial charge in [-0.25, -0.2) is 0 Å². The fourth-order valence-electron chi connectivity index (χ4n) is 2.66. The molecule has 0 aliphatic rings. The van der Waals surface area contributed by atoms with Crippen LogP contribution in [-0.4, -0.2) is 10.2 Å². The lowest BCUT2D eigenvalue weighted by molar-refractivity contribution is 0.583. The third kappa shape index (κ3) is 4.24. The molecule has 0 unspecified atom stereocenters. The number of aromatic nitrogens is 2. The minimum absolute atomic E-state index is 0.530. The van der Waals surface area contributed by atoms with Gasteiger partial charge in [-0.05, 0) is 48.9 Å². The highest BCUT2D eigenvalue weighted by atomic mass is 35.5. The van der Waals surface area contributed by atoms with E-state index in [1.807, 2.05) is 66.7 Å². The molecule has 0 bridgehead atoms. The number of rotatable bonds is 5. The lowest BCUT2D eigenvalue weighted by atomic mass is 10.1. The van der Waals surface area contributed by atoms with E-state index < -0.39 is 0 Å². The summed E-state index contributed by atoms with van der Waals surface area (Å²) in [7, 11) is 0. The van der Waals surface area contributed by atoms with Gasteiger partial charge >= 0.3 is 0 Å². The number of aryl methyl sites for hydroxylation is 1. The summed E-state index contributed by atoms with van der Waals surface area (Å²) in [5.41, 5.74) is 4.28. The van der Waals surface area contributed by atoms with E-state index in [0.29, 0.717) is 11.8 Å². The Bertz CT molecular complexity index is 1040. The summed E-state index contributed by atoms with van der Waals surface area (Å²) in [6.45, 7) is 2.05. The summed E-state index contributed by atoms with van der Waals surface area (Å²) in [6.07, 6.45) is 0. The molecule has 5 heteroatoms. The first-order chi connectivity index (χ1) is 13.2. The Morgan fingerprint density at radius 1 is 0.852 bits per heavy atom. The average molecular weight is 393 g/mol. The van der Waals surface area contributed by atoms with Gasteiger partial charge < -0.3 is 4.42 Å². The zero-order chi connectivity index (χ0) is 18.6. The molecule has 0 spiro atoms. The van der Waals surface area contributed by atoms with Gasteiger partial charge in [-0.15, -0.1) is 22.0 Å². The zero-order valence-electron chi connectivity index (χ0n) is 14.7. The number of benzene rings is 3. The molecule has 0 saturated carbocycles. The van der Waals surface area contributed by atoms with Gasteiger partial charge in [-0.1, -0.05) is 53.6 Å². The molecule has 4 aromatic rings. The van der Waals surface area contributed by atoms with Crippen molar-refractivity contribution in [2.24, 2.45) is 0 Å². The van der Waals surface area contributed by atoms with E-state index >= 15 is 0 Å². The molecule has 0 N–H and O–H groups in total. The van der Waals surface area contributed by atoms with Crippen LogP contribution in [0.3, 0.4) is 0 Å². The summed E-state index contributed by atoms with van der Waals surface area (Å²) in [5.74, 6) is 1.90. The fourth-order valence-corrected chi connectivity index (χ4v) is 3.78. The fraction of sp³-hybridized carbons (Fsp3) is 0.0909. The van der Waals surface area contributed by atoms with Crippen molar-refractivity contribution in [2.75, 3.05) is 0 Å². The smallest absolute Gasteiger partial charge is 0.249 e. The Morgan fingerprint density at radius 3 is 2.33 bits per heavy atom. The first-order valence-corrected chi connectivity index (χ1v) is 9.92. The normalized spacial score (nSPS) is 10.9. The van der Waals surface area contributed by atoms with Gasteiger partial charge in [-0.2, -0.15) is 0 Å². The SMILES string of the molecule is Cc1ccc(-c2nnc(-c3ccccc3SCc3ccc(Cl)cc3)o2)cc1. The monoisotopic (exact) mass is 392 g/mol. The number of thioether (sulfide) groups is 1. The first-order valence-electron chi connectivity index (χ1n) is 8.56. The summed E-state index contributed by atoms with van der Waals surface area (Å²) < 4.78 is 5.95. The van der Waals surface area contributed by atoms with Gasteiger partial charge in [-0.3, -0.25) is 0 Å². The highest BCUT2D eigenvalue weighted by Gasteiger charge is 2.14. The Hall–Kier alpha value is -2.56. The van der Waals surface area contributed by atoms with Crippen LogP contribution in [0.25, 0.3) is 22.9 Å². The van der Waals surface area contributed by atoms with Crippen LogP contribution in [0.15, 0.2) is 82.1 Å². The number of nitrogens with zero attached hydrogens (tertiary/aromatic N) is 2. The van der Waals surface area contributed by atoms with Crippen molar-refractivity contribution < 1.29 is 4.42 Å². The molecular formula is C22H17ClN2OS. The van der Waals surface area contributed by atoms with E-state index in [9.17, 15) is 0 Å². The van der Waals surface area contributed by atoms with Crippen LogP contribution in [0.5, 0.6) is 0 Å². The van der Waals surface area contributed by atoms with Crippen LogP contribution in [0, 0.1) is 6.92 Å². The second-order valence-corrected chi connectivity index (χ2v) is 7.64. The largest absolute Gasteiger partial charge is 0.416 e. The molecule has 0 saturated heterocycles. The van der Waals surface area contributed by atoms with Crippen molar-refractivity contribution in [1.29, 1.82) is 0 Å². The maximum Gasteiger partial charge on any atom is 0.249 e. The molecule has 1 heterocycles. The maximum absolute atomic E-state index is 5.96. The van der Waals surface area contributed by atoms with Crippen molar-refractivity contribution in [3.63, 3.8) is 0 Å². The summed E-state index contributed by atoms with van der Waals surface area (Å²) >= 11 is 7.70. The lowest BCUT2D eigenvalue weighted by Gasteiger charge is -2.06. The highest BCUT2D eigenvalue weighted by molar-refractivity contribution is 7.98. The van der Waals surface area contributed by atoms with Gasteiger partial charge in [0.05, 0.1) is 5.56 Å². The van der Waals surface area contributed by atoms with Crippen molar-refractivity contribution in [3.8, 4) is 22.9 Å². The van der Waals surface area contributed by atoms with Crippen LogP contribution < -0.4 is 0 Å². The minimum Gasteiger partial charge on any atom is -0.416 e. The van der Waals surface area contributed by atoms with Crippen LogP contribution in [0.2, 0.25) is 5.02 Å². The third-order valence-corrected chi connectivity index (χ3v) is 5.55. The van der Waals surface area contributed by atoms with E-state index in [1.165, 1.54) is 11.1 Å². The second-order valence-electron chi connectivity index (χ2n) is 6.19. The van der Waals surface area contributed by atoms with Crippen LogP contribution in [-0.2, 0) is 5.75 Å². The van der Waals surface area contributed by atoms with Gasteiger partial charge in [0.25, 0.3) is 0 Å². The predicted molar refractivity (Wildman–Crippen MR) is 111 cm³/mol. The number of halogens is 1. The topological polar surface area (TPSA) is 38.9 Å². The second kappa shape index (κ2) is 7.99. The Labute approximate surface area is 167 Å². The molecule has 1 aromatic heterocycles. The molecule has 134 valence electrons. The Kier molecular flexibility index (Phi) is 5.28. The molecule has 0 aliphatic carbocycles. The molecule has 0 amide bonds. The van der Waals surface area contributed by atoms with E-state index in [2.05, 4.69) is 23.2 Å². The minimum atomic E-state index is 0.530. The number of hydrogen-bond donors (Lipinski definition) is 0. The van der Waals surface area contributed by atoms with Gasteiger partial charge in [0, 0.05) is 21.2 Å². The molecule has 3 aromatic carbocycles. The lowest BCUT2D eigenvalue weighted by Crippen LogP contribution is -1.85. The van der Waals surface area contributed by atoms with E-state index in [0.717, 1.165) is 26.8 Å². The van der Waals surface area contributed by atoms with Crippen molar-refractivity contribution in [3.05, 3.63) is 88.9 Å². The molecule has 4 rings (SSSR count). The van der Waals surface area contributed by atoms with Crippen molar-refractivity contribution in [2.45, 2.75) is 17.6 Å². The first kappa shape index (κ1) is 17.8. The van der Waals surface area contributed by atoms with Crippen LogP contribution in [0.1, 0.15) is 11.1 Å². The molecule has 27 heavy (non-hydrogen) atoms. The molecule has 0 atom stereocenters. The Balaban J connectivity index is 1.57. The predicted octanol–water partition coefficient (Wildman–Crippen LogP) is 6.66. The van der Waals surface area contributed by atoms with Gasteiger partial charge in [0.2, 0.25) is 11.8 Å². The van der Waals surface area contributed by atoms with Crippen LogP contribution in [0.4, 0.5) is 0 Å². The standard InChI is InChI=1S/C22H17ClN2OS/c1-15-6-10-17(11-7-15)21-24-25-22(26-21)19-4-2-3-5-20(19)27-14-16-8-12-18(23)13-9-16/h2-13H,14H2,1H3. The van der Waals surface area contributed by atoms with Crippen molar-refractivity contribution >= 4 is 23.4 Å². The average Bonchev–Trinajstić information content (AvgIpc) is 3.18. The van der Waals surface area contributed by atoms with Crippen molar-refractivity contribution in [1.82, 2.24) is 10.2 Å². The third-order valence-electron chi connectivity index (χ3n) is 4.15. The highest BCUT2D eigenvalue weighted by Crippen LogP contribution is 2.34. The van der Waals surface area contributed by atoms with E-state index in [1.54, 1.807) is 11.8 Å². The summed E-state index contributed by atoms with van der Waals surface area (Å²) in [6, 6.07) is 24.1. The molecular weight excluding hydrogens is 376 g/mol. The zero-order valence-corrected chi connectivity index (χ0v) is 16.3. The molecule has 0 radical (unpaired) electrons. The van der Waals surface area contributed by atoms with Gasteiger partial charge in [0.15, 0.2) is 0 Å². The quantitative estimate of drug-likeness (QED) is 0.356. The van der Waals surface area contributed by atoms with Gasteiger partial charge in [0.1, 0.15) is 0 Å². The van der Waals surface area contributed by atoms with E-state index in [-0.39, 0.29) is 0 Å². The van der Waals surface area contributed by atoms with Crippen LogP contribution >= 0.6 is 23.4 Å². The summed E-state index contributed by atoms with van der Waals surface area (Å²) in [4.78, 5) is 1.10. The number of hydrogen-bond acceptors (Lipinski definition) is 4. The molecule has 0 fully saturated rings. The summed E-state index contributed by atoms with van der Waals surface area (Å²) in [5, 5.41) is 9.23. The maximum atomic E-state index is 5.96.